The van der Waals surface area contributed by atoms with Crippen LogP contribution in [0.5, 0.6) is 5.75 Å². The Hall–Kier alpha value is -1.75. The van der Waals surface area contributed by atoms with Crippen molar-refractivity contribution in [2.45, 2.75) is 13.0 Å². The molecule has 5 heteroatoms. The Balaban J connectivity index is 2.63. The van der Waals surface area contributed by atoms with Crippen LogP contribution >= 0.6 is 0 Å². The molecule has 4 N–H and O–H groups in total. The Morgan fingerprint density at radius 3 is 2.88 bits per heavy atom. The highest BCUT2D eigenvalue weighted by molar-refractivity contribution is 5.95. The lowest BCUT2D eigenvalue weighted by molar-refractivity contribution is 0.0870. The number of anilines is 1. The molecular weight excluding hydrogens is 208 g/mol. The Bertz CT molecular complexity index is 379. The Morgan fingerprint density at radius 1 is 1.62 bits per heavy atom. The minimum atomic E-state index is -0.265. The topological polar surface area (TPSA) is 84.6 Å². The maximum Gasteiger partial charge on any atom is 0.251 e. The van der Waals surface area contributed by atoms with E-state index in [1.54, 1.807) is 13.2 Å². The molecule has 1 rings (SSSR count). The van der Waals surface area contributed by atoms with E-state index in [0.717, 1.165) is 0 Å². The molecule has 5 nitrogen and oxygen atoms in total. The lowest BCUT2D eigenvalue weighted by atomic mass is 10.2. The molecule has 1 unspecified atom stereocenters. The highest BCUT2D eigenvalue weighted by Gasteiger charge is 2.08. The first-order valence-electron chi connectivity index (χ1n) is 4.94. The van der Waals surface area contributed by atoms with Crippen LogP contribution in [0.15, 0.2) is 18.2 Å². The molecule has 0 fully saturated rings. The molecular formula is C11H16N2O3. The van der Waals surface area contributed by atoms with Crippen LogP contribution in [-0.4, -0.2) is 30.8 Å². The van der Waals surface area contributed by atoms with Crippen LogP contribution in [0.3, 0.4) is 0 Å². The molecule has 1 atom stereocenters. The predicted molar refractivity (Wildman–Crippen MR) is 61.3 cm³/mol. The van der Waals surface area contributed by atoms with Gasteiger partial charge in [-0.2, -0.15) is 0 Å². The van der Waals surface area contributed by atoms with Crippen LogP contribution in [0.1, 0.15) is 17.3 Å². The van der Waals surface area contributed by atoms with Crippen molar-refractivity contribution in [3.05, 3.63) is 23.8 Å². The summed E-state index contributed by atoms with van der Waals surface area (Å²) < 4.78 is 5.00. The number of aromatic hydroxyl groups is 1. The van der Waals surface area contributed by atoms with Crippen molar-refractivity contribution in [3.8, 4) is 5.75 Å². The largest absolute Gasteiger partial charge is 0.506 e. The smallest absolute Gasteiger partial charge is 0.251 e. The van der Waals surface area contributed by atoms with Gasteiger partial charge in [0, 0.05) is 19.2 Å². The number of ether oxygens (including phenoxy) is 1. The highest BCUT2D eigenvalue weighted by Crippen LogP contribution is 2.20. The van der Waals surface area contributed by atoms with E-state index in [4.69, 9.17) is 10.5 Å². The number of carbonyl (C=O) groups excluding carboxylic acids is 1. The van der Waals surface area contributed by atoms with Crippen molar-refractivity contribution in [2.75, 3.05) is 19.4 Å². The van der Waals surface area contributed by atoms with Crippen LogP contribution in [0.2, 0.25) is 0 Å². The number of nitrogens with one attached hydrogen (secondary N) is 1. The third-order valence-electron chi connectivity index (χ3n) is 2.25. The van der Waals surface area contributed by atoms with Gasteiger partial charge in [-0.3, -0.25) is 4.79 Å². The number of carbonyl (C=O) groups is 1. The molecule has 0 heterocycles. The molecule has 0 bridgehead atoms. The van der Waals surface area contributed by atoms with Crippen molar-refractivity contribution in [1.29, 1.82) is 0 Å². The normalized spacial score (nSPS) is 12.1. The number of amides is 1. The first kappa shape index (κ1) is 12.3. The second-order valence-corrected chi connectivity index (χ2v) is 3.53. The van der Waals surface area contributed by atoms with E-state index < -0.39 is 0 Å². The number of nitrogens with two attached hydrogens (primary N) is 1. The van der Waals surface area contributed by atoms with Gasteiger partial charge in [0.15, 0.2) is 0 Å². The first-order valence-corrected chi connectivity index (χ1v) is 4.94. The maximum atomic E-state index is 11.6. The van der Waals surface area contributed by atoms with E-state index >= 15 is 0 Å². The zero-order valence-electron chi connectivity index (χ0n) is 9.36. The number of phenolic OH excluding ortho intramolecular Hbond substituents is 1. The van der Waals surface area contributed by atoms with E-state index in [1.165, 1.54) is 12.1 Å². The molecule has 0 aliphatic rings. The number of benzene rings is 1. The van der Waals surface area contributed by atoms with Crippen LogP contribution < -0.4 is 11.1 Å². The van der Waals surface area contributed by atoms with Gasteiger partial charge in [0.25, 0.3) is 5.91 Å². The zero-order valence-corrected chi connectivity index (χ0v) is 9.36. The minimum Gasteiger partial charge on any atom is -0.506 e. The molecule has 1 amide bonds. The lowest BCUT2D eigenvalue weighted by Crippen LogP contribution is -2.31. The summed E-state index contributed by atoms with van der Waals surface area (Å²) in [5.41, 5.74) is 6.05. The van der Waals surface area contributed by atoms with Crippen molar-refractivity contribution in [3.63, 3.8) is 0 Å². The molecule has 1 aromatic rings. The molecule has 0 aromatic heterocycles. The van der Waals surface area contributed by atoms with Crippen LogP contribution in [-0.2, 0) is 4.74 Å². The lowest BCUT2D eigenvalue weighted by Gasteiger charge is -2.11. The Kier molecular flexibility index (Phi) is 4.13. The zero-order chi connectivity index (χ0) is 12.1. The molecule has 0 aliphatic carbocycles. The molecule has 0 saturated heterocycles. The number of hydrogen-bond acceptors (Lipinski definition) is 4. The number of phenols is 1. The van der Waals surface area contributed by atoms with Crippen molar-refractivity contribution >= 4 is 11.6 Å². The van der Waals surface area contributed by atoms with Crippen molar-refractivity contribution < 1.29 is 14.6 Å². The number of hydrogen-bond donors (Lipinski definition) is 3. The van der Waals surface area contributed by atoms with Crippen molar-refractivity contribution in [2.24, 2.45) is 0 Å². The number of methoxy groups -OCH3 is 1. The van der Waals surface area contributed by atoms with E-state index in [9.17, 15) is 9.90 Å². The van der Waals surface area contributed by atoms with Gasteiger partial charge in [-0.25, -0.2) is 0 Å². The van der Waals surface area contributed by atoms with Gasteiger partial charge in [-0.15, -0.1) is 0 Å². The van der Waals surface area contributed by atoms with Crippen LogP contribution in [0, 0.1) is 0 Å². The second kappa shape index (κ2) is 5.37. The van der Waals surface area contributed by atoms with Gasteiger partial charge in [-0.05, 0) is 25.1 Å². The average molecular weight is 224 g/mol. The van der Waals surface area contributed by atoms with E-state index in [1.807, 2.05) is 6.92 Å². The monoisotopic (exact) mass is 224 g/mol. The summed E-state index contributed by atoms with van der Waals surface area (Å²) in [5.74, 6) is -0.355. The molecule has 88 valence electrons. The second-order valence-electron chi connectivity index (χ2n) is 3.53. The van der Waals surface area contributed by atoms with Gasteiger partial charge in [-0.1, -0.05) is 0 Å². The van der Waals surface area contributed by atoms with Gasteiger partial charge < -0.3 is 20.9 Å². The van der Waals surface area contributed by atoms with Crippen LogP contribution in [0.25, 0.3) is 0 Å². The Morgan fingerprint density at radius 2 is 2.31 bits per heavy atom. The first-order chi connectivity index (χ1) is 7.54. The van der Waals surface area contributed by atoms with Gasteiger partial charge in [0.1, 0.15) is 5.75 Å². The summed E-state index contributed by atoms with van der Waals surface area (Å²) in [5, 5.41) is 12.0. The molecule has 0 saturated carbocycles. The maximum absolute atomic E-state index is 11.6. The summed E-state index contributed by atoms with van der Waals surface area (Å²) in [6.45, 7) is 2.27. The number of nitrogen functional groups attached to an aromatic ring is 1. The van der Waals surface area contributed by atoms with Crippen LogP contribution in [0.4, 0.5) is 5.69 Å². The predicted octanol–water partition coefficient (Wildman–Crippen LogP) is 0.739. The average Bonchev–Trinajstić information content (AvgIpc) is 2.29. The molecule has 16 heavy (non-hydrogen) atoms. The quantitative estimate of drug-likeness (QED) is 0.520. The summed E-state index contributed by atoms with van der Waals surface area (Å²) in [7, 11) is 1.58. The van der Waals surface area contributed by atoms with Gasteiger partial charge in [0.05, 0.1) is 11.8 Å². The minimum absolute atomic E-state index is 0.0497. The number of rotatable bonds is 4. The highest BCUT2D eigenvalue weighted by atomic mass is 16.5. The fraction of sp³-hybridized carbons (Fsp3) is 0.364. The molecule has 0 radical (unpaired) electrons. The van der Waals surface area contributed by atoms with E-state index in [0.29, 0.717) is 12.1 Å². The summed E-state index contributed by atoms with van der Waals surface area (Å²) in [6.07, 6.45) is -0.0497. The van der Waals surface area contributed by atoms with E-state index in [-0.39, 0.29) is 23.4 Å². The Labute approximate surface area is 94.2 Å². The summed E-state index contributed by atoms with van der Waals surface area (Å²) >= 11 is 0. The molecule has 0 spiro atoms. The molecule has 1 aromatic carbocycles. The third-order valence-corrected chi connectivity index (χ3v) is 2.25. The van der Waals surface area contributed by atoms with Crippen molar-refractivity contribution in [1.82, 2.24) is 5.32 Å². The van der Waals surface area contributed by atoms with Gasteiger partial charge in [0.2, 0.25) is 0 Å². The summed E-state index contributed by atoms with van der Waals surface area (Å²) in [4.78, 5) is 11.6. The third kappa shape index (κ3) is 3.13. The van der Waals surface area contributed by atoms with E-state index in [2.05, 4.69) is 5.32 Å². The van der Waals surface area contributed by atoms with Gasteiger partial charge >= 0.3 is 0 Å². The molecule has 0 aliphatic heterocycles. The fourth-order valence-corrected chi connectivity index (χ4v) is 1.11. The summed E-state index contributed by atoms with van der Waals surface area (Å²) in [6, 6.07) is 4.38. The fourth-order valence-electron chi connectivity index (χ4n) is 1.11. The SMILES string of the molecule is COC(C)CNC(=O)c1ccc(N)c(O)c1. The standard InChI is InChI=1S/C11H16N2O3/c1-7(16-2)6-13-11(15)8-3-4-9(12)10(14)5-8/h3-5,7,14H,6,12H2,1-2H3,(H,13,15).